The van der Waals surface area contributed by atoms with Gasteiger partial charge in [0.2, 0.25) is 0 Å². The topological polar surface area (TPSA) is 279 Å². The molecule has 0 heterocycles. The Morgan fingerprint density at radius 3 is 0.727 bits per heavy atom. The van der Waals surface area contributed by atoms with Gasteiger partial charge < -0.3 is 34.2 Å². The SMILES string of the molecule is O.O.O.O.[NH4+].[NH4+].[O]=[Mn](=[O])([O-])[O-]. The average molecular weight is 227 g/mol. The summed E-state index contributed by atoms with van der Waals surface area (Å²) in [6.07, 6.45) is 0. The maximum absolute atomic E-state index is 8.58. The van der Waals surface area contributed by atoms with Gasteiger partial charge in [-0.3, -0.25) is 0 Å². The Bertz CT molecular complexity index is 95.3. The zero-order valence-electron chi connectivity index (χ0n) is 6.01. The summed E-state index contributed by atoms with van der Waals surface area (Å²) in [5, 5.41) is 0. The quantitative estimate of drug-likeness (QED) is 0.383. The normalized spacial score (nSPS) is 5.27. The molecule has 0 aromatic rings. The molecule has 11 heavy (non-hydrogen) atoms. The Balaban J connectivity index is -0.00000000533. The fourth-order valence-electron chi connectivity index (χ4n) is 0. The third-order valence-corrected chi connectivity index (χ3v) is 0. The molecule has 10 nitrogen and oxygen atoms in total. The van der Waals surface area contributed by atoms with Crippen molar-refractivity contribution in [2.24, 2.45) is 0 Å². The summed E-state index contributed by atoms with van der Waals surface area (Å²) in [4.78, 5) is 0. The first-order chi connectivity index (χ1) is 2.00. The van der Waals surface area contributed by atoms with E-state index in [2.05, 4.69) is 0 Å². The molecule has 0 aliphatic heterocycles. The van der Waals surface area contributed by atoms with Crippen LogP contribution < -0.4 is 20.7 Å². The molecule has 0 aliphatic carbocycles. The summed E-state index contributed by atoms with van der Waals surface area (Å²) < 4.78 is 34.3. The summed E-state index contributed by atoms with van der Waals surface area (Å²) in [6, 6.07) is 0. The molecule has 0 spiro atoms. The molecule has 0 bridgehead atoms. The van der Waals surface area contributed by atoms with Crippen molar-refractivity contribution in [3.8, 4) is 0 Å². The Labute approximate surface area is 64.5 Å². The second-order valence-electron chi connectivity index (χ2n) is 0.378. The van der Waals surface area contributed by atoms with Crippen molar-refractivity contribution in [3.05, 3.63) is 0 Å². The summed E-state index contributed by atoms with van der Waals surface area (Å²) in [7, 11) is 0. The van der Waals surface area contributed by atoms with E-state index in [-0.39, 0.29) is 34.2 Å². The maximum atomic E-state index is 8.58. The average Bonchev–Trinajstić information content (AvgIpc) is 0.722. The molecular formula is H16MnN2O8. The molecule has 0 radical (unpaired) electrons. The van der Waals surface area contributed by atoms with Crippen molar-refractivity contribution in [2.45, 2.75) is 0 Å². The van der Waals surface area contributed by atoms with Crippen LogP contribution >= 0.6 is 0 Å². The van der Waals surface area contributed by atoms with Crippen molar-refractivity contribution >= 4 is 0 Å². The molecular weight excluding hydrogens is 211 g/mol. The third-order valence-electron chi connectivity index (χ3n) is 0. The van der Waals surface area contributed by atoms with Crippen LogP contribution in [0.1, 0.15) is 0 Å². The van der Waals surface area contributed by atoms with Crippen LogP contribution in [0, 0.1) is 0 Å². The van der Waals surface area contributed by atoms with E-state index in [1.54, 1.807) is 0 Å². The van der Waals surface area contributed by atoms with E-state index in [1.165, 1.54) is 0 Å². The summed E-state index contributed by atoms with van der Waals surface area (Å²) in [5.74, 6) is 0. The van der Waals surface area contributed by atoms with Gasteiger partial charge in [0.25, 0.3) is 0 Å². The standard InChI is InChI=1S/Mn.2H3N.4H2O.4O/h;2*1H3;4*1H2;;;;/q;;;;;;;;;2*-1/p+2. The van der Waals surface area contributed by atoms with Crippen LogP contribution in [-0.4, -0.2) is 21.9 Å². The predicted octanol–water partition coefficient (Wildman–Crippen LogP) is -5.16. The molecule has 0 aromatic heterocycles. The number of hydrogen-bond donors (Lipinski definition) is 2. The van der Waals surface area contributed by atoms with Crippen molar-refractivity contribution in [3.63, 3.8) is 0 Å². The summed E-state index contributed by atoms with van der Waals surface area (Å²) >= 11 is -5.62. The fourth-order valence-corrected chi connectivity index (χ4v) is 0. The van der Waals surface area contributed by atoms with E-state index in [4.69, 9.17) is 16.0 Å². The Morgan fingerprint density at radius 2 is 0.727 bits per heavy atom. The van der Waals surface area contributed by atoms with Gasteiger partial charge in [-0.15, -0.1) is 0 Å². The zero-order chi connectivity index (χ0) is 4.50. The van der Waals surface area contributed by atoms with E-state index in [9.17, 15) is 0 Å². The molecule has 0 rings (SSSR count). The molecule has 0 aliphatic rings. The first kappa shape index (κ1) is 71.8. The van der Waals surface area contributed by atoms with Crippen LogP contribution in [-0.2, 0) is 21.0 Å². The van der Waals surface area contributed by atoms with Crippen LogP contribution in [0.15, 0.2) is 0 Å². The second-order valence-corrected chi connectivity index (χ2v) is 1.56. The van der Waals surface area contributed by atoms with E-state index in [0.29, 0.717) is 0 Å². The van der Waals surface area contributed by atoms with Crippen LogP contribution in [0.5, 0.6) is 0 Å². The Hall–Kier alpha value is -0.201. The summed E-state index contributed by atoms with van der Waals surface area (Å²) in [6.45, 7) is 0. The van der Waals surface area contributed by atoms with Crippen molar-refractivity contribution in [1.82, 2.24) is 12.3 Å². The van der Waals surface area contributed by atoms with E-state index in [1.807, 2.05) is 0 Å². The number of quaternary nitrogens is 2. The van der Waals surface area contributed by atoms with Gasteiger partial charge in [-0.2, -0.15) is 0 Å². The Kier molecular flexibility index (Phi) is 147. The van der Waals surface area contributed by atoms with Gasteiger partial charge in [0, 0.05) is 0 Å². The molecule has 0 amide bonds. The van der Waals surface area contributed by atoms with Gasteiger partial charge in [-0.05, 0) is 0 Å². The van der Waals surface area contributed by atoms with Crippen LogP contribution in [0.25, 0.3) is 0 Å². The van der Waals surface area contributed by atoms with Crippen molar-refractivity contribution in [2.75, 3.05) is 0 Å². The molecule has 0 saturated heterocycles. The van der Waals surface area contributed by atoms with Gasteiger partial charge >= 0.3 is 29.4 Å². The first-order valence-electron chi connectivity index (χ1n) is 0.617. The van der Waals surface area contributed by atoms with E-state index < -0.39 is 13.4 Å². The predicted molar refractivity (Wildman–Crippen MR) is 27.8 cm³/mol. The van der Waals surface area contributed by atoms with Gasteiger partial charge in [0.05, 0.1) is 0 Å². The molecule has 81 valence electrons. The molecule has 0 saturated carbocycles. The molecule has 16 N–H and O–H groups in total. The van der Waals surface area contributed by atoms with Crippen molar-refractivity contribution < 1.29 is 51.3 Å². The second kappa shape index (κ2) is 22.6. The molecule has 0 fully saturated rings. The molecule has 0 unspecified atom stereocenters. The monoisotopic (exact) mass is 227 g/mol. The Morgan fingerprint density at radius 1 is 0.727 bits per heavy atom. The fraction of sp³-hybridized carbons (Fsp3) is 0. The van der Waals surface area contributed by atoms with Crippen LogP contribution in [0.3, 0.4) is 0 Å². The first-order valence-corrected chi connectivity index (χ1v) is 2.54. The van der Waals surface area contributed by atoms with Gasteiger partial charge in [0.1, 0.15) is 0 Å². The third kappa shape index (κ3) is 14800. The van der Waals surface area contributed by atoms with Crippen LogP contribution in [0.2, 0.25) is 0 Å². The minimum atomic E-state index is -5.62. The minimum absolute atomic E-state index is 0. The van der Waals surface area contributed by atoms with Gasteiger partial charge in [-0.1, -0.05) is 0 Å². The molecule has 0 atom stereocenters. The van der Waals surface area contributed by atoms with E-state index >= 15 is 0 Å². The van der Waals surface area contributed by atoms with Crippen LogP contribution in [0.4, 0.5) is 0 Å². The van der Waals surface area contributed by atoms with Gasteiger partial charge in [0.15, 0.2) is 0 Å². The number of hydrogen-bond acceptors (Lipinski definition) is 4. The van der Waals surface area contributed by atoms with Gasteiger partial charge in [-0.25, -0.2) is 0 Å². The van der Waals surface area contributed by atoms with Crippen molar-refractivity contribution in [1.29, 1.82) is 0 Å². The van der Waals surface area contributed by atoms with E-state index in [0.717, 1.165) is 0 Å². The number of rotatable bonds is 0. The molecule has 0 aromatic carbocycles. The summed E-state index contributed by atoms with van der Waals surface area (Å²) in [5.41, 5.74) is 0. The molecule has 11 heteroatoms. The zero-order valence-corrected chi connectivity index (χ0v) is 7.19.